The predicted molar refractivity (Wildman–Crippen MR) is 70.5 cm³/mol. The van der Waals surface area contributed by atoms with Crippen molar-refractivity contribution in [1.29, 1.82) is 0 Å². The van der Waals surface area contributed by atoms with Crippen molar-refractivity contribution in [3.8, 4) is 5.88 Å². The molecule has 1 aromatic heterocycles. The number of hydrogen-bond acceptors (Lipinski definition) is 5. The van der Waals surface area contributed by atoms with Crippen molar-refractivity contribution in [3.05, 3.63) is 24.4 Å². The maximum absolute atomic E-state index is 12.0. The molecule has 1 unspecified atom stereocenters. The highest BCUT2D eigenvalue weighted by atomic mass is 32.2. The minimum atomic E-state index is -3.74. The number of nitrogens with one attached hydrogen (secondary N) is 1. The lowest BCUT2D eigenvalue weighted by molar-refractivity contribution is 0.0945. The molecule has 1 heterocycles. The number of rotatable bonds is 6. The maximum atomic E-state index is 12.0. The zero-order valence-electron chi connectivity index (χ0n) is 11.1. The Labute approximate surface area is 112 Å². The van der Waals surface area contributed by atoms with Gasteiger partial charge in [0.25, 0.3) is 11.8 Å². The van der Waals surface area contributed by atoms with Crippen LogP contribution in [0.1, 0.15) is 24.2 Å². The summed E-state index contributed by atoms with van der Waals surface area (Å²) in [6, 6.07) is -0.247. The van der Waals surface area contributed by atoms with Gasteiger partial charge in [0.15, 0.2) is 0 Å². The Kier molecular flexibility index (Phi) is 4.71. The second kappa shape index (κ2) is 5.87. The van der Waals surface area contributed by atoms with Gasteiger partial charge in [0, 0.05) is 18.8 Å². The smallest absolute Gasteiger partial charge is 0.307 e. The first kappa shape index (κ1) is 15.2. The molecular weight excluding hydrogens is 270 g/mol. The fourth-order valence-corrected chi connectivity index (χ4v) is 1.68. The number of carbonyl (C=O) groups excluding carboxylic acids is 1. The van der Waals surface area contributed by atoms with Crippen molar-refractivity contribution < 1.29 is 17.4 Å². The molecule has 1 N–H and O–H groups in total. The molecule has 0 radical (unpaired) electrons. The molecule has 7 nitrogen and oxygen atoms in total. The van der Waals surface area contributed by atoms with Crippen LogP contribution in [0.15, 0.2) is 18.9 Å². The fraction of sp³-hybridized carbons (Fsp3) is 0.455. The SMILES string of the molecule is C=CC(C)NC(=O)c1cn(CC)nc1OS(C)(=O)=O. The monoisotopic (exact) mass is 287 g/mol. The largest absolute Gasteiger partial charge is 0.359 e. The molecule has 0 aliphatic rings. The summed E-state index contributed by atoms with van der Waals surface area (Å²) in [6.45, 7) is 7.59. The summed E-state index contributed by atoms with van der Waals surface area (Å²) in [5, 5.41) is 6.52. The van der Waals surface area contributed by atoms with E-state index in [1.54, 1.807) is 13.0 Å². The van der Waals surface area contributed by atoms with Gasteiger partial charge in [0.2, 0.25) is 0 Å². The van der Waals surface area contributed by atoms with Gasteiger partial charge >= 0.3 is 10.1 Å². The molecule has 19 heavy (non-hydrogen) atoms. The van der Waals surface area contributed by atoms with Gasteiger partial charge in [-0.3, -0.25) is 9.48 Å². The summed E-state index contributed by atoms with van der Waals surface area (Å²) in [7, 11) is -3.74. The number of aryl methyl sites for hydroxylation is 1. The Morgan fingerprint density at radius 3 is 2.79 bits per heavy atom. The molecule has 106 valence electrons. The van der Waals surface area contributed by atoms with Crippen LogP contribution in [0.4, 0.5) is 0 Å². The van der Waals surface area contributed by atoms with Crippen molar-refractivity contribution in [2.24, 2.45) is 0 Å². The fourth-order valence-electron chi connectivity index (χ4n) is 1.27. The van der Waals surface area contributed by atoms with Crippen LogP contribution in [-0.2, 0) is 16.7 Å². The zero-order chi connectivity index (χ0) is 14.6. The summed E-state index contributed by atoms with van der Waals surface area (Å²) in [6.07, 6.45) is 3.89. The predicted octanol–water partition coefficient (Wildman–Crippen LogP) is 0.546. The van der Waals surface area contributed by atoms with Crippen LogP contribution in [0.5, 0.6) is 5.88 Å². The normalized spacial score (nSPS) is 12.8. The molecule has 0 aromatic carbocycles. The van der Waals surface area contributed by atoms with Crippen LogP contribution < -0.4 is 9.50 Å². The van der Waals surface area contributed by atoms with Gasteiger partial charge in [0.05, 0.1) is 6.26 Å². The van der Waals surface area contributed by atoms with Gasteiger partial charge in [-0.1, -0.05) is 6.08 Å². The first-order chi connectivity index (χ1) is 8.76. The van der Waals surface area contributed by atoms with Gasteiger partial charge in [-0.15, -0.1) is 11.7 Å². The third kappa shape index (κ3) is 4.40. The van der Waals surface area contributed by atoms with E-state index in [0.29, 0.717) is 6.54 Å². The number of nitrogens with zero attached hydrogens (tertiary/aromatic N) is 2. The van der Waals surface area contributed by atoms with Crippen molar-refractivity contribution in [2.75, 3.05) is 6.26 Å². The highest BCUT2D eigenvalue weighted by molar-refractivity contribution is 7.86. The van der Waals surface area contributed by atoms with E-state index in [4.69, 9.17) is 4.18 Å². The van der Waals surface area contributed by atoms with Crippen molar-refractivity contribution >= 4 is 16.0 Å². The first-order valence-corrected chi connectivity index (χ1v) is 7.48. The van der Waals surface area contributed by atoms with Crippen LogP contribution in [0, 0.1) is 0 Å². The van der Waals surface area contributed by atoms with E-state index < -0.39 is 16.0 Å². The van der Waals surface area contributed by atoms with Crippen molar-refractivity contribution in [2.45, 2.75) is 26.4 Å². The van der Waals surface area contributed by atoms with Gasteiger partial charge in [-0.2, -0.15) is 8.42 Å². The van der Waals surface area contributed by atoms with Crippen LogP contribution in [0.3, 0.4) is 0 Å². The molecule has 1 aromatic rings. The summed E-state index contributed by atoms with van der Waals surface area (Å²) >= 11 is 0. The Hall–Kier alpha value is -1.83. The van der Waals surface area contributed by atoms with E-state index in [0.717, 1.165) is 6.26 Å². The van der Waals surface area contributed by atoms with Crippen LogP contribution in [0.25, 0.3) is 0 Å². The van der Waals surface area contributed by atoms with E-state index in [1.807, 2.05) is 6.92 Å². The quantitative estimate of drug-likeness (QED) is 0.609. The second-order valence-electron chi connectivity index (χ2n) is 3.99. The van der Waals surface area contributed by atoms with Crippen molar-refractivity contribution in [3.63, 3.8) is 0 Å². The van der Waals surface area contributed by atoms with Gasteiger partial charge in [0.1, 0.15) is 5.56 Å². The highest BCUT2D eigenvalue weighted by Crippen LogP contribution is 2.17. The van der Waals surface area contributed by atoms with Crippen LogP contribution in [-0.4, -0.2) is 36.4 Å². The third-order valence-electron chi connectivity index (χ3n) is 2.24. The van der Waals surface area contributed by atoms with E-state index in [1.165, 1.54) is 10.9 Å². The number of carbonyl (C=O) groups is 1. The molecule has 8 heteroatoms. The number of amides is 1. The topological polar surface area (TPSA) is 90.3 Å². The minimum absolute atomic E-state index is 0.0703. The summed E-state index contributed by atoms with van der Waals surface area (Å²) < 4.78 is 28.4. The molecule has 0 aliphatic heterocycles. The highest BCUT2D eigenvalue weighted by Gasteiger charge is 2.21. The van der Waals surface area contributed by atoms with Crippen LogP contribution >= 0.6 is 0 Å². The summed E-state index contributed by atoms with van der Waals surface area (Å²) in [4.78, 5) is 12.0. The molecule has 0 bridgehead atoms. The third-order valence-corrected chi connectivity index (χ3v) is 2.70. The lowest BCUT2D eigenvalue weighted by Crippen LogP contribution is -2.31. The van der Waals surface area contributed by atoms with Gasteiger partial charge < -0.3 is 9.50 Å². The van der Waals surface area contributed by atoms with E-state index >= 15 is 0 Å². The van der Waals surface area contributed by atoms with E-state index in [9.17, 15) is 13.2 Å². The molecule has 0 spiro atoms. The standard InChI is InChI=1S/C11H17N3O4S/c1-5-8(3)12-10(15)9-7-14(6-2)13-11(9)18-19(4,16)17/h5,7-8H,1,6H2,2-4H3,(H,12,15). The number of hydrogen-bond donors (Lipinski definition) is 1. The molecule has 1 rings (SSSR count). The average molecular weight is 287 g/mol. The molecule has 0 saturated heterocycles. The van der Waals surface area contributed by atoms with Gasteiger partial charge in [-0.05, 0) is 13.8 Å². The summed E-state index contributed by atoms with van der Waals surface area (Å²) in [5.41, 5.74) is 0.0703. The van der Waals surface area contributed by atoms with E-state index in [2.05, 4.69) is 17.0 Å². The first-order valence-electron chi connectivity index (χ1n) is 5.67. The molecule has 1 amide bonds. The maximum Gasteiger partial charge on any atom is 0.307 e. The minimum Gasteiger partial charge on any atom is -0.359 e. The number of aromatic nitrogens is 2. The lowest BCUT2D eigenvalue weighted by atomic mass is 10.2. The zero-order valence-corrected chi connectivity index (χ0v) is 11.9. The Morgan fingerprint density at radius 1 is 1.68 bits per heavy atom. The lowest BCUT2D eigenvalue weighted by Gasteiger charge is -2.08. The summed E-state index contributed by atoms with van der Waals surface area (Å²) in [5.74, 6) is -0.691. The van der Waals surface area contributed by atoms with Crippen molar-refractivity contribution in [1.82, 2.24) is 15.1 Å². The molecule has 0 saturated carbocycles. The Balaban J connectivity index is 3.07. The second-order valence-corrected chi connectivity index (χ2v) is 5.56. The Morgan fingerprint density at radius 2 is 2.32 bits per heavy atom. The molecule has 0 aliphatic carbocycles. The molecule has 0 fully saturated rings. The molecular formula is C11H17N3O4S. The average Bonchev–Trinajstić information content (AvgIpc) is 2.69. The Bertz CT molecular complexity index is 577. The molecule has 1 atom stereocenters. The van der Waals surface area contributed by atoms with E-state index in [-0.39, 0.29) is 17.5 Å². The van der Waals surface area contributed by atoms with Gasteiger partial charge in [-0.25, -0.2) is 0 Å². The van der Waals surface area contributed by atoms with Crippen LogP contribution in [0.2, 0.25) is 0 Å².